The van der Waals surface area contributed by atoms with Gasteiger partial charge >= 0.3 is 0 Å². The second-order valence-corrected chi connectivity index (χ2v) is 11.3. The minimum atomic E-state index is -0.655. The van der Waals surface area contributed by atoms with Crippen LogP contribution >= 0.6 is 11.3 Å². The fraction of sp³-hybridized carbons (Fsp3) is 0.303. The Morgan fingerprint density at radius 2 is 1.73 bits per heavy atom. The Labute approximate surface area is 244 Å². The zero-order valence-electron chi connectivity index (χ0n) is 24.7. The molecule has 7 nitrogen and oxygen atoms in total. The first-order chi connectivity index (χ1) is 19.7. The van der Waals surface area contributed by atoms with E-state index in [1.54, 1.807) is 16.6 Å². The van der Waals surface area contributed by atoms with E-state index in [0.717, 1.165) is 28.2 Å². The molecule has 1 aliphatic heterocycles. The van der Waals surface area contributed by atoms with Crippen molar-refractivity contribution in [3.8, 4) is 11.4 Å². The number of thiazole rings is 1. The van der Waals surface area contributed by atoms with Crippen molar-refractivity contribution in [2.45, 2.75) is 47.6 Å². The summed E-state index contributed by atoms with van der Waals surface area (Å²) in [6.45, 7) is 13.1. The number of nitrogens with zero attached hydrogens (tertiary/aromatic N) is 4. The minimum absolute atomic E-state index is 0.122. The van der Waals surface area contributed by atoms with Gasteiger partial charge in [0.1, 0.15) is 11.8 Å². The van der Waals surface area contributed by atoms with Crippen molar-refractivity contribution in [3.63, 3.8) is 0 Å². The molecule has 2 aromatic heterocycles. The highest BCUT2D eigenvalue weighted by molar-refractivity contribution is 7.07. The molecule has 1 aliphatic rings. The summed E-state index contributed by atoms with van der Waals surface area (Å²) in [5, 5.41) is 0. The smallest absolute Gasteiger partial charge is 0.271 e. The van der Waals surface area contributed by atoms with E-state index < -0.39 is 6.04 Å². The van der Waals surface area contributed by atoms with Crippen molar-refractivity contribution in [1.29, 1.82) is 0 Å². The van der Waals surface area contributed by atoms with Gasteiger partial charge in [0.2, 0.25) is 0 Å². The van der Waals surface area contributed by atoms with Gasteiger partial charge in [-0.3, -0.25) is 14.2 Å². The lowest BCUT2D eigenvalue weighted by Crippen LogP contribution is -2.43. The molecule has 41 heavy (non-hydrogen) atoms. The van der Waals surface area contributed by atoms with E-state index in [-0.39, 0.29) is 11.5 Å². The van der Waals surface area contributed by atoms with Gasteiger partial charge in [-0.2, -0.15) is 0 Å². The third-order valence-corrected chi connectivity index (χ3v) is 8.77. The van der Waals surface area contributed by atoms with Gasteiger partial charge in [-0.15, -0.1) is 0 Å². The number of rotatable bonds is 7. The van der Waals surface area contributed by atoms with Gasteiger partial charge < -0.3 is 14.2 Å². The first-order valence-corrected chi connectivity index (χ1v) is 14.7. The molecular formula is C33H36N4O3S. The van der Waals surface area contributed by atoms with Crippen molar-refractivity contribution in [3.05, 3.63) is 114 Å². The molecule has 2 aromatic carbocycles. The maximum atomic E-state index is 14.2. The van der Waals surface area contributed by atoms with Gasteiger partial charge in [0.25, 0.3) is 11.5 Å². The molecule has 0 bridgehead atoms. The summed E-state index contributed by atoms with van der Waals surface area (Å²) in [4.78, 5) is 35.2. The van der Waals surface area contributed by atoms with E-state index in [9.17, 15) is 9.59 Å². The predicted molar refractivity (Wildman–Crippen MR) is 165 cm³/mol. The van der Waals surface area contributed by atoms with Crippen molar-refractivity contribution in [2.75, 3.05) is 20.2 Å². The SMILES string of the molecule is CCN(CC)C(=O)C1=C(C)N=c2s/c(=C/c3cc(C)n(-c4ccc(C)cc4)c3C)c(=O)n2[C@@H]1c1ccccc1OC. The summed E-state index contributed by atoms with van der Waals surface area (Å²) in [5.41, 5.74) is 7.07. The average molecular weight is 569 g/mol. The zero-order chi connectivity index (χ0) is 29.4. The topological polar surface area (TPSA) is 68.8 Å². The van der Waals surface area contributed by atoms with Crippen LogP contribution in [0, 0.1) is 20.8 Å². The number of hydrogen-bond acceptors (Lipinski definition) is 5. The summed E-state index contributed by atoms with van der Waals surface area (Å²) in [6, 6.07) is 17.4. The van der Waals surface area contributed by atoms with Gasteiger partial charge in [0, 0.05) is 35.7 Å². The number of aromatic nitrogens is 2. The molecule has 0 saturated carbocycles. The molecule has 0 spiro atoms. The highest BCUT2D eigenvalue weighted by atomic mass is 32.1. The second-order valence-electron chi connectivity index (χ2n) is 10.3. The average Bonchev–Trinajstić information content (AvgIpc) is 3.42. The number of hydrogen-bond donors (Lipinski definition) is 0. The Morgan fingerprint density at radius 1 is 1.05 bits per heavy atom. The highest BCUT2D eigenvalue weighted by Crippen LogP contribution is 2.36. The molecule has 3 heterocycles. The molecule has 0 radical (unpaired) electrons. The van der Waals surface area contributed by atoms with Crippen LogP contribution in [0.15, 0.2) is 75.7 Å². The molecule has 8 heteroatoms. The number of carbonyl (C=O) groups is 1. The van der Waals surface area contributed by atoms with Crippen LogP contribution in [0.25, 0.3) is 11.8 Å². The van der Waals surface area contributed by atoms with E-state index in [2.05, 4.69) is 55.7 Å². The number of aryl methyl sites for hydroxylation is 2. The number of methoxy groups -OCH3 is 1. The lowest BCUT2D eigenvalue weighted by Gasteiger charge is -2.29. The van der Waals surface area contributed by atoms with Crippen LogP contribution in [0.1, 0.15) is 54.9 Å². The molecule has 0 aliphatic carbocycles. The third-order valence-electron chi connectivity index (χ3n) is 7.79. The lowest BCUT2D eigenvalue weighted by atomic mass is 9.94. The molecular weight excluding hydrogens is 532 g/mol. The summed E-state index contributed by atoms with van der Waals surface area (Å²) in [5.74, 6) is 0.497. The van der Waals surface area contributed by atoms with Crippen LogP contribution in [0.3, 0.4) is 0 Å². The van der Waals surface area contributed by atoms with Crippen molar-refractivity contribution in [1.82, 2.24) is 14.0 Å². The first-order valence-electron chi connectivity index (χ1n) is 13.9. The minimum Gasteiger partial charge on any atom is -0.496 e. The summed E-state index contributed by atoms with van der Waals surface area (Å²) in [7, 11) is 1.61. The van der Waals surface area contributed by atoms with Gasteiger partial charge in [-0.1, -0.05) is 47.2 Å². The van der Waals surface area contributed by atoms with E-state index in [1.165, 1.54) is 16.9 Å². The van der Waals surface area contributed by atoms with Crippen LogP contribution in [-0.4, -0.2) is 40.1 Å². The van der Waals surface area contributed by atoms with Gasteiger partial charge in [-0.05, 0) is 77.4 Å². The summed E-state index contributed by atoms with van der Waals surface area (Å²) >= 11 is 1.35. The van der Waals surface area contributed by atoms with Crippen LogP contribution in [0.5, 0.6) is 5.75 Å². The maximum Gasteiger partial charge on any atom is 0.271 e. The standard InChI is InChI=1S/C33H36N4O3S/c1-8-35(9-2)32(39)29-22(5)34-33-37(30(29)26-12-10-11-13-27(26)40-7)31(38)28(41-33)19-24-18-21(4)36(23(24)6)25-16-14-20(3)15-17-25/h10-19,30H,8-9H2,1-7H3/b28-19+/t30-/m1/s1. The Balaban J connectivity index is 1.72. The number of amides is 1. The molecule has 5 rings (SSSR count). The van der Waals surface area contributed by atoms with E-state index in [0.29, 0.717) is 39.4 Å². The van der Waals surface area contributed by atoms with E-state index in [4.69, 9.17) is 9.73 Å². The maximum absolute atomic E-state index is 14.2. The monoisotopic (exact) mass is 568 g/mol. The molecule has 4 aromatic rings. The predicted octanol–water partition coefficient (Wildman–Crippen LogP) is 4.83. The van der Waals surface area contributed by atoms with Crippen molar-refractivity contribution in [2.24, 2.45) is 4.99 Å². The van der Waals surface area contributed by atoms with Gasteiger partial charge in [0.05, 0.1) is 22.9 Å². The highest BCUT2D eigenvalue weighted by Gasteiger charge is 2.35. The van der Waals surface area contributed by atoms with E-state index >= 15 is 0 Å². The van der Waals surface area contributed by atoms with Gasteiger partial charge in [-0.25, -0.2) is 4.99 Å². The summed E-state index contributed by atoms with van der Waals surface area (Å²) < 4.78 is 10.1. The number of likely N-dealkylation sites (N-methyl/N-ethyl adjacent to an activating group) is 1. The lowest BCUT2D eigenvalue weighted by molar-refractivity contribution is -0.127. The normalized spacial score (nSPS) is 15.1. The fourth-order valence-corrected chi connectivity index (χ4v) is 6.67. The molecule has 0 N–H and O–H groups in total. The third kappa shape index (κ3) is 4.97. The number of ether oxygens (including phenoxy) is 1. The zero-order valence-corrected chi connectivity index (χ0v) is 25.5. The van der Waals surface area contributed by atoms with Crippen LogP contribution in [0.2, 0.25) is 0 Å². The largest absolute Gasteiger partial charge is 0.496 e. The van der Waals surface area contributed by atoms with Crippen LogP contribution < -0.4 is 19.6 Å². The fourth-order valence-electron chi connectivity index (χ4n) is 5.63. The Bertz CT molecular complexity index is 1840. The molecule has 0 unspecified atom stereocenters. The van der Waals surface area contributed by atoms with Crippen molar-refractivity contribution < 1.29 is 9.53 Å². The molecule has 1 atom stereocenters. The molecule has 212 valence electrons. The summed E-state index contributed by atoms with van der Waals surface area (Å²) in [6.07, 6.45) is 1.95. The van der Waals surface area contributed by atoms with Crippen LogP contribution in [0.4, 0.5) is 0 Å². The van der Waals surface area contributed by atoms with Crippen molar-refractivity contribution >= 4 is 23.3 Å². The first kappa shape index (κ1) is 28.4. The number of carbonyl (C=O) groups excluding carboxylic acids is 1. The Morgan fingerprint density at radius 3 is 2.39 bits per heavy atom. The number of benzene rings is 2. The Kier molecular flexibility index (Phi) is 7.87. The second kappa shape index (κ2) is 11.4. The molecule has 0 fully saturated rings. The Hall–Kier alpha value is -4.17. The molecule has 1 amide bonds. The number of allylic oxidation sites excluding steroid dienone is 1. The van der Waals surface area contributed by atoms with Gasteiger partial charge in [0.15, 0.2) is 4.80 Å². The van der Waals surface area contributed by atoms with Crippen LogP contribution in [-0.2, 0) is 4.79 Å². The molecule has 0 saturated heterocycles. The van der Waals surface area contributed by atoms with E-state index in [1.807, 2.05) is 51.1 Å². The number of fused-ring (bicyclic) bond motifs is 1. The quantitative estimate of drug-likeness (QED) is 0.321. The number of para-hydroxylation sites is 1.